The molecular weight excluding hydrogens is 472 g/mol. The molecule has 0 bridgehead atoms. The van der Waals surface area contributed by atoms with Crippen LogP contribution < -0.4 is 9.47 Å². The molecule has 0 N–H and O–H groups in total. The number of halogens is 1. The third-order valence-corrected chi connectivity index (χ3v) is 6.47. The summed E-state index contributed by atoms with van der Waals surface area (Å²) in [5.74, 6) is 0.826. The Bertz CT molecular complexity index is 1250. The van der Waals surface area contributed by atoms with Crippen LogP contribution in [0.15, 0.2) is 59.2 Å². The van der Waals surface area contributed by atoms with Gasteiger partial charge in [0.25, 0.3) is 0 Å². The molecule has 7 heteroatoms. The number of pyridine rings is 1. The van der Waals surface area contributed by atoms with Gasteiger partial charge < -0.3 is 24.0 Å². The fourth-order valence-corrected chi connectivity index (χ4v) is 4.69. The topological polar surface area (TPSA) is 59.6 Å². The van der Waals surface area contributed by atoms with Gasteiger partial charge in [-0.05, 0) is 55.2 Å². The van der Waals surface area contributed by atoms with Crippen LogP contribution in [0.3, 0.4) is 0 Å². The van der Waals surface area contributed by atoms with E-state index < -0.39 is 0 Å². The van der Waals surface area contributed by atoms with E-state index in [4.69, 9.17) is 14.2 Å². The predicted octanol–water partition coefficient (Wildman–Crippen LogP) is 5.29. The first-order valence-electron chi connectivity index (χ1n) is 10.8. The SMILES string of the molecule is COc1ccc(Cn2c(COC3CCCCO3)cc3c[n+]([O-])c4cc(Br)ccc4c32)cc1. The maximum absolute atomic E-state index is 12.7. The molecule has 1 aliphatic heterocycles. The van der Waals surface area contributed by atoms with Crippen LogP contribution in [0, 0.1) is 5.21 Å². The third kappa shape index (κ3) is 4.20. The number of hydrogen-bond donors (Lipinski definition) is 0. The van der Waals surface area contributed by atoms with Gasteiger partial charge in [-0.1, -0.05) is 28.1 Å². The lowest BCUT2D eigenvalue weighted by Gasteiger charge is -2.23. The van der Waals surface area contributed by atoms with Gasteiger partial charge in [0, 0.05) is 29.4 Å². The first-order chi connectivity index (χ1) is 15.6. The highest BCUT2D eigenvalue weighted by molar-refractivity contribution is 9.10. The van der Waals surface area contributed by atoms with Gasteiger partial charge in [0.1, 0.15) is 5.75 Å². The van der Waals surface area contributed by atoms with Gasteiger partial charge in [0.05, 0.1) is 30.0 Å². The Morgan fingerprint density at radius 2 is 2.00 bits per heavy atom. The molecule has 2 aromatic heterocycles. The van der Waals surface area contributed by atoms with Crippen LogP contribution in [0.4, 0.5) is 0 Å². The van der Waals surface area contributed by atoms with Crippen molar-refractivity contribution in [3.63, 3.8) is 0 Å². The standard InChI is InChI=1S/C25H25BrN2O4/c1-30-21-8-5-17(6-9-21)14-27-20(16-32-24-4-2-3-11-31-24)12-18-15-28(29)23-13-19(26)7-10-22(23)25(18)27/h5-10,12-13,15,24H,2-4,11,14,16H2,1H3. The van der Waals surface area contributed by atoms with Crippen molar-refractivity contribution in [3.8, 4) is 5.75 Å². The van der Waals surface area contributed by atoms with Gasteiger partial charge in [-0.3, -0.25) is 0 Å². The monoisotopic (exact) mass is 496 g/mol. The fourth-order valence-electron chi connectivity index (χ4n) is 4.34. The summed E-state index contributed by atoms with van der Waals surface area (Å²) in [6.07, 6.45) is 4.59. The van der Waals surface area contributed by atoms with Crippen molar-refractivity contribution in [3.05, 3.63) is 75.7 Å². The fraction of sp³-hybridized carbons (Fsp3) is 0.320. The van der Waals surface area contributed by atoms with Crippen molar-refractivity contribution in [1.82, 2.24) is 4.57 Å². The first-order valence-corrected chi connectivity index (χ1v) is 11.6. The minimum Gasteiger partial charge on any atom is -0.618 e. The minimum absolute atomic E-state index is 0.173. The highest BCUT2D eigenvalue weighted by Gasteiger charge is 2.20. The molecule has 6 nitrogen and oxygen atoms in total. The number of nitrogens with zero attached hydrogens (tertiary/aromatic N) is 2. The molecule has 166 valence electrons. The lowest BCUT2D eigenvalue weighted by Crippen LogP contribution is -2.26. The Balaban J connectivity index is 1.59. The van der Waals surface area contributed by atoms with Crippen molar-refractivity contribution in [2.75, 3.05) is 13.7 Å². The maximum Gasteiger partial charge on any atom is 0.227 e. The maximum atomic E-state index is 12.7. The zero-order chi connectivity index (χ0) is 22.1. The normalized spacial score (nSPS) is 16.6. The van der Waals surface area contributed by atoms with E-state index in [1.54, 1.807) is 13.3 Å². The number of fused-ring (bicyclic) bond motifs is 3. The number of rotatable bonds is 6. The zero-order valence-corrected chi connectivity index (χ0v) is 19.5. The lowest BCUT2D eigenvalue weighted by atomic mass is 10.1. The molecule has 0 radical (unpaired) electrons. The second-order valence-electron chi connectivity index (χ2n) is 8.10. The zero-order valence-electron chi connectivity index (χ0n) is 17.9. The van der Waals surface area contributed by atoms with E-state index in [9.17, 15) is 5.21 Å². The number of methoxy groups -OCH3 is 1. The highest BCUT2D eigenvalue weighted by atomic mass is 79.9. The molecule has 4 aromatic rings. The summed E-state index contributed by atoms with van der Waals surface area (Å²) < 4.78 is 21.2. The van der Waals surface area contributed by atoms with Crippen molar-refractivity contribution >= 4 is 37.7 Å². The predicted molar refractivity (Wildman–Crippen MR) is 127 cm³/mol. The summed E-state index contributed by atoms with van der Waals surface area (Å²) >= 11 is 3.49. The van der Waals surface area contributed by atoms with Crippen molar-refractivity contribution in [1.29, 1.82) is 0 Å². The van der Waals surface area contributed by atoms with E-state index >= 15 is 0 Å². The molecule has 0 saturated carbocycles. The minimum atomic E-state index is -0.173. The van der Waals surface area contributed by atoms with Crippen molar-refractivity contribution in [2.24, 2.45) is 0 Å². The van der Waals surface area contributed by atoms with E-state index in [1.807, 2.05) is 30.3 Å². The van der Waals surface area contributed by atoms with Crippen LogP contribution in [-0.2, 0) is 22.6 Å². The average molecular weight is 497 g/mol. The number of aromatic nitrogens is 2. The molecule has 0 spiro atoms. The first kappa shape index (κ1) is 21.2. The smallest absolute Gasteiger partial charge is 0.227 e. The van der Waals surface area contributed by atoms with Gasteiger partial charge in [-0.15, -0.1) is 0 Å². The van der Waals surface area contributed by atoms with E-state index in [0.29, 0.717) is 18.7 Å². The van der Waals surface area contributed by atoms with Crippen LogP contribution in [-0.4, -0.2) is 24.6 Å². The van der Waals surface area contributed by atoms with Gasteiger partial charge in [-0.2, -0.15) is 4.73 Å². The molecule has 3 heterocycles. The van der Waals surface area contributed by atoms with E-state index in [1.165, 1.54) is 0 Å². The van der Waals surface area contributed by atoms with Crippen LogP contribution in [0.1, 0.15) is 30.5 Å². The Hall–Kier alpha value is -2.61. The number of benzene rings is 2. The van der Waals surface area contributed by atoms with Gasteiger partial charge in [0.15, 0.2) is 12.5 Å². The van der Waals surface area contributed by atoms with Crippen molar-refractivity contribution in [2.45, 2.75) is 38.7 Å². The summed E-state index contributed by atoms with van der Waals surface area (Å²) in [7, 11) is 1.67. The molecule has 1 atom stereocenters. The van der Waals surface area contributed by atoms with E-state index in [0.717, 1.165) is 68.4 Å². The molecule has 1 unspecified atom stereocenters. The number of hydrogen-bond acceptors (Lipinski definition) is 4. The summed E-state index contributed by atoms with van der Waals surface area (Å²) in [5.41, 5.74) is 3.81. The average Bonchev–Trinajstić information content (AvgIpc) is 3.16. The van der Waals surface area contributed by atoms with Gasteiger partial charge in [0.2, 0.25) is 5.52 Å². The quantitative estimate of drug-likeness (QED) is 0.268. The second kappa shape index (κ2) is 9.10. The lowest BCUT2D eigenvalue weighted by molar-refractivity contribution is -0.575. The van der Waals surface area contributed by atoms with E-state index in [2.05, 4.69) is 38.7 Å². The molecule has 0 amide bonds. The molecule has 32 heavy (non-hydrogen) atoms. The number of ether oxygens (including phenoxy) is 3. The van der Waals surface area contributed by atoms with Gasteiger partial charge >= 0.3 is 0 Å². The molecule has 2 aromatic carbocycles. The summed E-state index contributed by atoms with van der Waals surface area (Å²) in [6.45, 7) is 1.83. The Morgan fingerprint density at radius 1 is 1.16 bits per heavy atom. The molecular formula is C25H25BrN2O4. The largest absolute Gasteiger partial charge is 0.618 e. The molecule has 0 aliphatic carbocycles. The summed E-state index contributed by atoms with van der Waals surface area (Å²) in [4.78, 5) is 0. The van der Waals surface area contributed by atoms with Crippen LogP contribution in [0.25, 0.3) is 21.8 Å². The van der Waals surface area contributed by atoms with Crippen LogP contribution in [0.2, 0.25) is 0 Å². The highest BCUT2D eigenvalue weighted by Crippen LogP contribution is 2.30. The van der Waals surface area contributed by atoms with Crippen molar-refractivity contribution < 1.29 is 18.9 Å². The molecule has 1 aliphatic rings. The Kier molecular flexibility index (Phi) is 6.04. The van der Waals surface area contributed by atoms with Crippen LogP contribution >= 0.6 is 15.9 Å². The summed E-state index contributed by atoms with van der Waals surface area (Å²) in [6, 6.07) is 15.9. The molecule has 5 rings (SSSR count). The molecule has 1 saturated heterocycles. The van der Waals surface area contributed by atoms with Gasteiger partial charge in [-0.25, -0.2) is 0 Å². The van der Waals surface area contributed by atoms with Crippen LogP contribution in [0.5, 0.6) is 5.75 Å². The van der Waals surface area contributed by atoms with E-state index in [-0.39, 0.29) is 6.29 Å². The Labute approximate surface area is 195 Å². The molecule has 1 fully saturated rings. The summed E-state index contributed by atoms with van der Waals surface area (Å²) in [5, 5.41) is 14.5. The third-order valence-electron chi connectivity index (χ3n) is 5.98. The Morgan fingerprint density at radius 3 is 2.75 bits per heavy atom. The second-order valence-corrected chi connectivity index (χ2v) is 9.01.